The van der Waals surface area contributed by atoms with Crippen LogP contribution in [0.15, 0.2) is 42.9 Å². The van der Waals surface area contributed by atoms with Crippen molar-refractivity contribution in [2.24, 2.45) is 0 Å². The van der Waals surface area contributed by atoms with Crippen LogP contribution in [0, 0.1) is 0 Å². The zero-order valence-electron chi connectivity index (χ0n) is 16.7. The maximum absolute atomic E-state index is 12.9. The van der Waals surface area contributed by atoms with E-state index in [1.54, 1.807) is 18.4 Å². The maximum Gasteiger partial charge on any atom is 0.255 e. The first-order valence-corrected chi connectivity index (χ1v) is 11.4. The Balaban J connectivity index is 1.38. The van der Waals surface area contributed by atoms with Crippen LogP contribution in [0.2, 0.25) is 0 Å². The summed E-state index contributed by atoms with van der Waals surface area (Å²) in [5.41, 5.74) is 2.78. The van der Waals surface area contributed by atoms with Gasteiger partial charge in [0.05, 0.1) is 22.9 Å². The van der Waals surface area contributed by atoms with E-state index in [1.807, 2.05) is 6.07 Å². The lowest BCUT2D eigenvalue weighted by Crippen LogP contribution is -2.37. The maximum atomic E-state index is 12.9. The zero-order valence-corrected chi connectivity index (χ0v) is 18.3. The average Bonchev–Trinajstić information content (AvgIpc) is 2.77. The van der Waals surface area contributed by atoms with Crippen LogP contribution in [0.3, 0.4) is 0 Å². The molecule has 156 valence electrons. The van der Waals surface area contributed by atoms with E-state index < -0.39 is 0 Å². The highest BCUT2D eigenvalue weighted by Gasteiger charge is 2.25. The Hall–Kier alpha value is -2.25. The van der Waals surface area contributed by atoms with E-state index in [1.165, 1.54) is 19.3 Å². The van der Waals surface area contributed by atoms with E-state index in [-0.39, 0.29) is 11.0 Å². The van der Waals surface area contributed by atoms with Gasteiger partial charge in [-0.1, -0.05) is 35.2 Å². The van der Waals surface area contributed by atoms with Gasteiger partial charge in [0.1, 0.15) is 11.4 Å². The van der Waals surface area contributed by atoms with Gasteiger partial charge in [-0.3, -0.25) is 14.5 Å². The third kappa shape index (κ3) is 3.76. The molecular weight excluding hydrogens is 446 g/mol. The Bertz CT molecular complexity index is 1210. The molecule has 0 saturated heterocycles. The van der Waals surface area contributed by atoms with Crippen molar-refractivity contribution in [1.82, 2.24) is 14.9 Å². The molecule has 0 amide bonds. The number of benzene rings is 1. The van der Waals surface area contributed by atoms with Crippen LogP contribution in [0.4, 0.5) is 0 Å². The molecule has 5 rings (SSSR count). The highest BCUT2D eigenvalue weighted by atomic mass is 79.9. The number of fused-ring (bicyclic) bond motifs is 2. The van der Waals surface area contributed by atoms with E-state index in [0.29, 0.717) is 35.5 Å². The van der Waals surface area contributed by atoms with Gasteiger partial charge in [-0.15, -0.1) is 0 Å². The van der Waals surface area contributed by atoms with E-state index in [2.05, 4.69) is 25.8 Å². The van der Waals surface area contributed by atoms with Crippen molar-refractivity contribution >= 4 is 26.9 Å². The normalized spacial score (nSPS) is 17.9. The Morgan fingerprint density at radius 3 is 2.87 bits per heavy atom. The summed E-state index contributed by atoms with van der Waals surface area (Å²) in [6.07, 6.45) is 8.20. The Morgan fingerprint density at radius 1 is 1.20 bits per heavy atom. The largest absolute Gasteiger partial charge is 0.464 e. The van der Waals surface area contributed by atoms with Gasteiger partial charge >= 0.3 is 0 Å². The lowest BCUT2D eigenvalue weighted by atomic mass is 9.88. The van der Waals surface area contributed by atoms with Crippen LogP contribution in [-0.4, -0.2) is 21.4 Å². The number of hydrogen-bond donors (Lipinski definition) is 1. The summed E-state index contributed by atoms with van der Waals surface area (Å²) in [4.78, 5) is 35.7. The van der Waals surface area contributed by atoms with Crippen LogP contribution in [0.5, 0.6) is 0 Å². The molecule has 0 spiro atoms. The predicted octanol–water partition coefficient (Wildman–Crippen LogP) is 4.24. The second-order valence-electron chi connectivity index (χ2n) is 8.40. The Kier molecular flexibility index (Phi) is 5.33. The van der Waals surface area contributed by atoms with Gasteiger partial charge in [-0.25, -0.2) is 4.98 Å². The molecule has 2 aromatic heterocycles. The smallest absolute Gasteiger partial charge is 0.255 e. The molecule has 1 fully saturated rings. The highest BCUT2D eigenvalue weighted by molar-refractivity contribution is 9.10. The Morgan fingerprint density at radius 2 is 2.03 bits per heavy atom. The first kappa shape index (κ1) is 19.7. The SMILES string of the molecule is O=c1[nH]c(C2CCCCC2)nc2c1CN(Cc1coc3ccc(Br)cc3c1=O)CC2. The molecule has 3 heterocycles. The number of halogens is 1. The van der Waals surface area contributed by atoms with Crippen LogP contribution in [-0.2, 0) is 19.5 Å². The molecule has 2 aliphatic rings. The first-order valence-electron chi connectivity index (χ1n) is 10.6. The van der Waals surface area contributed by atoms with E-state index in [9.17, 15) is 9.59 Å². The van der Waals surface area contributed by atoms with E-state index in [4.69, 9.17) is 9.40 Å². The van der Waals surface area contributed by atoms with Gasteiger partial charge in [-0.2, -0.15) is 0 Å². The molecule has 0 unspecified atom stereocenters. The summed E-state index contributed by atoms with van der Waals surface area (Å²) >= 11 is 3.41. The fourth-order valence-corrected chi connectivity index (χ4v) is 5.06. The molecule has 6 nitrogen and oxygen atoms in total. The number of nitrogens with one attached hydrogen (secondary N) is 1. The number of aromatic amines is 1. The second-order valence-corrected chi connectivity index (χ2v) is 9.32. The van der Waals surface area contributed by atoms with Crippen molar-refractivity contribution < 1.29 is 4.42 Å². The number of H-pyrrole nitrogens is 1. The molecule has 1 aromatic carbocycles. The van der Waals surface area contributed by atoms with E-state index >= 15 is 0 Å². The van der Waals surface area contributed by atoms with Gasteiger partial charge in [0, 0.05) is 42.0 Å². The number of rotatable bonds is 3. The molecule has 0 bridgehead atoms. The van der Waals surface area contributed by atoms with Crippen molar-refractivity contribution in [3.8, 4) is 0 Å². The summed E-state index contributed by atoms with van der Waals surface area (Å²) in [5, 5.41) is 0.566. The minimum absolute atomic E-state index is 0.0250. The molecule has 1 aliphatic carbocycles. The number of nitrogens with zero attached hydrogens (tertiary/aromatic N) is 2. The molecule has 1 aliphatic heterocycles. The third-order valence-electron chi connectivity index (χ3n) is 6.36. The van der Waals surface area contributed by atoms with Gasteiger partial charge in [0.25, 0.3) is 5.56 Å². The minimum Gasteiger partial charge on any atom is -0.464 e. The van der Waals surface area contributed by atoms with Crippen LogP contribution >= 0.6 is 15.9 Å². The van der Waals surface area contributed by atoms with Crippen molar-refractivity contribution in [2.45, 2.75) is 57.5 Å². The summed E-state index contributed by atoms with van der Waals surface area (Å²) < 4.78 is 6.51. The lowest BCUT2D eigenvalue weighted by Gasteiger charge is -2.28. The molecule has 1 N–H and O–H groups in total. The van der Waals surface area contributed by atoms with Gasteiger partial charge in [0.15, 0.2) is 5.43 Å². The van der Waals surface area contributed by atoms with Crippen molar-refractivity contribution in [3.63, 3.8) is 0 Å². The fraction of sp³-hybridized carbons (Fsp3) is 0.435. The second kappa shape index (κ2) is 8.12. The summed E-state index contributed by atoms with van der Waals surface area (Å²) in [7, 11) is 0. The van der Waals surface area contributed by atoms with Gasteiger partial charge in [-0.05, 0) is 31.0 Å². The standard InChI is InChI=1S/C23H24BrN3O3/c24-16-6-7-20-17(10-16)21(28)15(13-30-20)11-27-9-8-19-18(12-27)23(29)26-22(25-19)14-4-2-1-3-5-14/h6-7,10,13-14H,1-5,8-9,11-12H2,(H,25,26,29). The highest BCUT2D eigenvalue weighted by Crippen LogP contribution is 2.31. The van der Waals surface area contributed by atoms with Crippen molar-refractivity contribution in [2.75, 3.05) is 6.54 Å². The topological polar surface area (TPSA) is 79.2 Å². The van der Waals surface area contributed by atoms with E-state index in [0.717, 1.165) is 47.4 Å². The molecule has 7 heteroatoms. The first-order chi connectivity index (χ1) is 14.6. The molecule has 3 aromatic rings. The quantitative estimate of drug-likeness (QED) is 0.620. The Labute approximate surface area is 182 Å². The number of hydrogen-bond acceptors (Lipinski definition) is 5. The fourth-order valence-electron chi connectivity index (χ4n) is 4.70. The van der Waals surface area contributed by atoms with Gasteiger partial charge < -0.3 is 9.40 Å². The van der Waals surface area contributed by atoms with Crippen molar-refractivity contribution in [1.29, 1.82) is 0 Å². The monoisotopic (exact) mass is 469 g/mol. The lowest BCUT2D eigenvalue weighted by molar-refractivity contribution is 0.238. The zero-order chi connectivity index (χ0) is 20.7. The average molecular weight is 470 g/mol. The molecule has 0 radical (unpaired) electrons. The van der Waals surface area contributed by atoms with Crippen molar-refractivity contribution in [3.05, 3.63) is 72.2 Å². The molecule has 1 saturated carbocycles. The van der Waals surface area contributed by atoms with Gasteiger partial charge in [0.2, 0.25) is 0 Å². The third-order valence-corrected chi connectivity index (χ3v) is 6.85. The predicted molar refractivity (Wildman–Crippen MR) is 119 cm³/mol. The molecular formula is C23H24BrN3O3. The summed E-state index contributed by atoms with van der Waals surface area (Å²) in [5.74, 6) is 1.25. The summed E-state index contributed by atoms with van der Waals surface area (Å²) in [6.45, 7) is 1.72. The van der Waals surface area contributed by atoms with Crippen LogP contribution in [0.25, 0.3) is 11.0 Å². The number of aromatic nitrogens is 2. The van der Waals surface area contributed by atoms with Crippen LogP contribution < -0.4 is 11.0 Å². The molecule has 30 heavy (non-hydrogen) atoms. The van der Waals surface area contributed by atoms with Crippen LogP contribution in [0.1, 0.15) is 60.7 Å². The minimum atomic E-state index is -0.0280. The molecule has 0 atom stereocenters. The summed E-state index contributed by atoms with van der Waals surface area (Å²) in [6, 6.07) is 5.43.